The Morgan fingerprint density at radius 3 is 2.52 bits per heavy atom. The Labute approximate surface area is 176 Å². The normalized spacial score (nSPS) is 26.9. The highest BCUT2D eigenvalue weighted by molar-refractivity contribution is 7.09. The first kappa shape index (κ1) is 19.0. The Bertz CT molecular complexity index is 849. The molecular formula is C22H29N5OS. The van der Waals surface area contributed by atoms with Crippen molar-refractivity contribution in [2.75, 3.05) is 44.2 Å². The molecule has 5 heterocycles. The lowest BCUT2D eigenvalue weighted by atomic mass is 9.60. The van der Waals surface area contributed by atoms with Gasteiger partial charge in [-0.05, 0) is 56.8 Å². The molecule has 0 aromatic carbocycles. The minimum atomic E-state index is -0.281. The number of rotatable bonds is 4. The number of carbonyl (C=O) groups is 1. The highest BCUT2D eigenvalue weighted by atomic mass is 32.1. The van der Waals surface area contributed by atoms with E-state index in [1.165, 1.54) is 4.88 Å². The summed E-state index contributed by atoms with van der Waals surface area (Å²) in [6.45, 7) is 8.60. The van der Waals surface area contributed by atoms with Crippen LogP contribution in [0, 0.1) is 10.8 Å². The van der Waals surface area contributed by atoms with Gasteiger partial charge in [-0.1, -0.05) is 6.07 Å². The zero-order valence-corrected chi connectivity index (χ0v) is 17.9. The average molecular weight is 412 g/mol. The van der Waals surface area contributed by atoms with Gasteiger partial charge in [0.05, 0.1) is 5.41 Å². The van der Waals surface area contributed by atoms with E-state index in [9.17, 15) is 4.79 Å². The summed E-state index contributed by atoms with van der Waals surface area (Å²) in [5.41, 5.74) is -0.254. The molecule has 0 aliphatic carbocycles. The van der Waals surface area contributed by atoms with E-state index in [1.807, 2.05) is 17.4 Å². The minimum absolute atomic E-state index is 0.0269. The van der Waals surface area contributed by atoms with Crippen molar-refractivity contribution >= 4 is 23.2 Å². The Morgan fingerprint density at radius 2 is 1.86 bits per heavy atom. The fraction of sp³-hybridized carbons (Fsp3) is 0.591. The van der Waals surface area contributed by atoms with E-state index in [1.54, 1.807) is 12.4 Å². The molecule has 5 rings (SSSR count). The summed E-state index contributed by atoms with van der Waals surface area (Å²) in [6, 6.07) is 6.21. The van der Waals surface area contributed by atoms with Crippen LogP contribution in [-0.4, -0.2) is 64.9 Å². The lowest BCUT2D eigenvalue weighted by Gasteiger charge is -2.46. The molecule has 2 aromatic heterocycles. The van der Waals surface area contributed by atoms with Gasteiger partial charge in [0, 0.05) is 55.4 Å². The number of carbonyl (C=O) groups excluding carboxylic acids is 1. The van der Waals surface area contributed by atoms with Gasteiger partial charge in [0.25, 0.3) is 0 Å². The SMILES string of the molecule is CCN1CC[C@]2(CN(c3ncccn3)CC23CCN(Cc2cccs2)CC3)C1=O. The summed E-state index contributed by atoms with van der Waals surface area (Å²) in [6.07, 6.45) is 6.72. The van der Waals surface area contributed by atoms with Gasteiger partial charge < -0.3 is 9.80 Å². The molecule has 2 spiro atoms. The Morgan fingerprint density at radius 1 is 1.07 bits per heavy atom. The Hall–Kier alpha value is -1.99. The van der Waals surface area contributed by atoms with Crippen molar-refractivity contribution in [3.63, 3.8) is 0 Å². The molecule has 3 saturated heterocycles. The topological polar surface area (TPSA) is 52.6 Å². The predicted octanol–water partition coefficient (Wildman–Crippen LogP) is 2.88. The van der Waals surface area contributed by atoms with Gasteiger partial charge in [-0.2, -0.15) is 0 Å². The van der Waals surface area contributed by atoms with Crippen LogP contribution >= 0.6 is 11.3 Å². The molecule has 0 radical (unpaired) electrons. The molecule has 0 N–H and O–H groups in total. The van der Waals surface area contributed by atoms with Gasteiger partial charge >= 0.3 is 0 Å². The second-order valence-corrected chi connectivity index (χ2v) is 9.79. The molecule has 6 nitrogen and oxygen atoms in total. The third-order valence-corrected chi connectivity index (χ3v) is 8.33. The maximum atomic E-state index is 13.6. The highest BCUT2D eigenvalue weighted by Crippen LogP contribution is 2.58. The van der Waals surface area contributed by atoms with Crippen LogP contribution in [0.4, 0.5) is 5.95 Å². The number of likely N-dealkylation sites (tertiary alicyclic amines) is 2. The van der Waals surface area contributed by atoms with Crippen LogP contribution in [-0.2, 0) is 11.3 Å². The van der Waals surface area contributed by atoms with Crippen molar-refractivity contribution in [1.82, 2.24) is 19.8 Å². The van der Waals surface area contributed by atoms with Crippen molar-refractivity contribution < 1.29 is 4.79 Å². The molecule has 7 heteroatoms. The monoisotopic (exact) mass is 411 g/mol. The van der Waals surface area contributed by atoms with E-state index in [2.05, 4.69) is 49.1 Å². The third kappa shape index (κ3) is 3.06. The van der Waals surface area contributed by atoms with E-state index in [4.69, 9.17) is 0 Å². The summed E-state index contributed by atoms with van der Waals surface area (Å²) in [4.78, 5) is 30.9. The first-order valence-corrected chi connectivity index (χ1v) is 11.6. The summed E-state index contributed by atoms with van der Waals surface area (Å²) in [7, 11) is 0. The smallest absolute Gasteiger partial charge is 0.231 e. The van der Waals surface area contributed by atoms with E-state index in [0.717, 1.165) is 71.0 Å². The maximum Gasteiger partial charge on any atom is 0.231 e. The molecule has 1 amide bonds. The number of hydrogen-bond donors (Lipinski definition) is 0. The van der Waals surface area contributed by atoms with Crippen LogP contribution in [0.5, 0.6) is 0 Å². The predicted molar refractivity (Wildman–Crippen MR) is 115 cm³/mol. The second-order valence-electron chi connectivity index (χ2n) is 8.76. The van der Waals surface area contributed by atoms with E-state index in [-0.39, 0.29) is 10.8 Å². The zero-order valence-electron chi connectivity index (χ0n) is 17.1. The van der Waals surface area contributed by atoms with Crippen LogP contribution in [0.15, 0.2) is 36.0 Å². The van der Waals surface area contributed by atoms with Crippen molar-refractivity contribution in [2.45, 2.75) is 32.7 Å². The standard InChI is InChI=1S/C22H29N5OS/c1-2-26-13-8-22(19(26)28)17-27(20-23-9-4-10-24-20)16-21(22)6-11-25(12-7-21)15-18-5-3-14-29-18/h3-5,9-10,14H,2,6-8,11-13,15-17H2,1H3/t22-/m0/s1. The summed E-state index contributed by atoms with van der Waals surface area (Å²) in [5, 5.41) is 2.15. The number of fused-ring (bicyclic) bond motifs is 1. The van der Waals surface area contributed by atoms with Gasteiger partial charge in [-0.15, -0.1) is 11.3 Å². The van der Waals surface area contributed by atoms with Gasteiger partial charge in [-0.25, -0.2) is 9.97 Å². The number of anilines is 1. The van der Waals surface area contributed by atoms with Gasteiger partial charge in [-0.3, -0.25) is 9.69 Å². The Balaban J connectivity index is 1.41. The summed E-state index contributed by atoms with van der Waals surface area (Å²) >= 11 is 1.83. The molecule has 2 aromatic rings. The first-order chi connectivity index (χ1) is 14.2. The number of nitrogens with zero attached hydrogens (tertiary/aromatic N) is 5. The van der Waals surface area contributed by atoms with E-state index >= 15 is 0 Å². The molecule has 154 valence electrons. The first-order valence-electron chi connectivity index (χ1n) is 10.7. The third-order valence-electron chi connectivity index (χ3n) is 7.46. The van der Waals surface area contributed by atoms with E-state index < -0.39 is 0 Å². The minimum Gasteiger partial charge on any atom is -0.342 e. The summed E-state index contributed by atoms with van der Waals surface area (Å²) in [5.74, 6) is 1.14. The molecule has 0 bridgehead atoms. The van der Waals surface area contributed by atoms with Crippen LogP contribution in [0.3, 0.4) is 0 Å². The second kappa shape index (κ2) is 7.36. The van der Waals surface area contributed by atoms with Gasteiger partial charge in [0.15, 0.2) is 0 Å². The van der Waals surface area contributed by atoms with Gasteiger partial charge in [0.1, 0.15) is 0 Å². The number of thiophene rings is 1. The number of amides is 1. The summed E-state index contributed by atoms with van der Waals surface area (Å²) < 4.78 is 0. The van der Waals surface area contributed by atoms with Crippen molar-refractivity contribution in [2.24, 2.45) is 10.8 Å². The van der Waals surface area contributed by atoms with Crippen LogP contribution in [0.2, 0.25) is 0 Å². The Kier molecular flexibility index (Phi) is 4.82. The number of aromatic nitrogens is 2. The largest absolute Gasteiger partial charge is 0.342 e. The molecule has 3 aliphatic rings. The quantitative estimate of drug-likeness (QED) is 0.774. The highest BCUT2D eigenvalue weighted by Gasteiger charge is 2.65. The molecule has 0 unspecified atom stereocenters. The molecule has 3 aliphatic heterocycles. The van der Waals surface area contributed by atoms with Crippen molar-refractivity contribution in [3.05, 3.63) is 40.8 Å². The fourth-order valence-corrected chi connectivity index (χ4v) is 6.58. The molecule has 1 atom stereocenters. The van der Waals surface area contributed by atoms with E-state index in [0.29, 0.717) is 5.91 Å². The van der Waals surface area contributed by atoms with Crippen LogP contribution in [0.25, 0.3) is 0 Å². The number of hydrogen-bond acceptors (Lipinski definition) is 6. The molecule has 0 saturated carbocycles. The zero-order chi connectivity index (χ0) is 19.9. The van der Waals surface area contributed by atoms with Crippen LogP contribution in [0.1, 0.15) is 31.1 Å². The molecule has 3 fully saturated rings. The van der Waals surface area contributed by atoms with Crippen molar-refractivity contribution in [3.8, 4) is 0 Å². The number of piperidine rings is 1. The lowest BCUT2D eigenvalue weighted by molar-refractivity contribution is -0.142. The van der Waals surface area contributed by atoms with Crippen molar-refractivity contribution in [1.29, 1.82) is 0 Å². The molecule has 29 heavy (non-hydrogen) atoms. The average Bonchev–Trinajstić information content (AvgIpc) is 3.46. The molecular weight excluding hydrogens is 382 g/mol. The maximum absolute atomic E-state index is 13.6. The fourth-order valence-electron chi connectivity index (χ4n) is 5.84. The van der Waals surface area contributed by atoms with Crippen LogP contribution < -0.4 is 4.90 Å². The lowest BCUT2D eigenvalue weighted by Crippen LogP contribution is -2.52. The van der Waals surface area contributed by atoms with Gasteiger partial charge in [0.2, 0.25) is 11.9 Å².